The van der Waals surface area contributed by atoms with Crippen LogP contribution in [0.4, 0.5) is 18.0 Å². The van der Waals surface area contributed by atoms with Crippen molar-refractivity contribution in [1.29, 1.82) is 0 Å². The Morgan fingerprint density at radius 2 is 1.65 bits per heavy atom. The molecular weight excluding hydrogens is 635 g/mol. The Morgan fingerprint density at radius 1 is 1.04 bits per heavy atom. The molecule has 5 N–H and O–H groups in total. The van der Waals surface area contributed by atoms with Gasteiger partial charge in [0.1, 0.15) is 18.6 Å². The van der Waals surface area contributed by atoms with E-state index in [1.165, 1.54) is 11.8 Å². The minimum atomic E-state index is -3.97. The maximum Gasteiger partial charge on any atom is 0.394 e. The van der Waals surface area contributed by atoms with Gasteiger partial charge in [0.05, 0.1) is 18.1 Å². The van der Waals surface area contributed by atoms with Crippen LogP contribution in [-0.2, 0) is 28.7 Å². The number of esters is 1. The van der Waals surface area contributed by atoms with E-state index in [2.05, 4.69) is 16.0 Å². The molecule has 0 aromatic heterocycles. The monoisotopic (exact) mass is 689 g/mol. The Hall–Kier alpha value is -3.39. The molecule has 1 heterocycles. The summed E-state index contributed by atoms with van der Waals surface area (Å²) in [7, 11) is 0. The number of ether oxygens (including phenoxy) is 1. The number of ketones is 1. The van der Waals surface area contributed by atoms with Gasteiger partial charge >= 0.3 is 18.2 Å². The van der Waals surface area contributed by atoms with Crippen LogP contribution in [0.5, 0.6) is 0 Å². The molecule has 0 aromatic carbocycles. The fraction of sp³-hybridized carbons (Fsp3) is 0.818. The van der Waals surface area contributed by atoms with Crippen molar-refractivity contribution >= 4 is 35.5 Å². The molecule has 5 atom stereocenters. The van der Waals surface area contributed by atoms with Crippen molar-refractivity contribution in [2.24, 2.45) is 34.3 Å². The van der Waals surface area contributed by atoms with Gasteiger partial charge in [0, 0.05) is 6.54 Å². The molecule has 1 saturated heterocycles. The second-order valence-electron chi connectivity index (χ2n) is 15.1. The molecule has 5 amide bonds. The van der Waals surface area contributed by atoms with Crippen LogP contribution in [0.1, 0.15) is 99.8 Å². The third kappa shape index (κ3) is 11.9. The number of hydrogen-bond donors (Lipinski definition) is 4. The first-order valence-electron chi connectivity index (χ1n) is 16.8. The number of likely N-dealkylation sites (tertiary alicyclic amines) is 1. The predicted molar refractivity (Wildman–Crippen MR) is 171 cm³/mol. The van der Waals surface area contributed by atoms with Crippen LogP contribution in [-0.4, -0.2) is 84.4 Å². The predicted octanol–water partition coefficient (Wildman–Crippen LogP) is 3.60. The van der Waals surface area contributed by atoms with E-state index in [0.29, 0.717) is 31.8 Å². The lowest BCUT2D eigenvalue weighted by Crippen LogP contribution is -2.60. The van der Waals surface area contributed by atoms with Gasteiger partial charge in [-0.25, -0.2) is 4.79 Å². The van der Waals surface area contributed by atoms with Crippen molar-refractivity contribution < 1.29 is 46.7 Å². The Labute approximate surface area is 281 Å². The van der Waals surface area contributed by atoms with Crippen LogP contribution in [0.2, 0.25) is 0 Å². The number of urea groups is 1. The highest BCUT2D eigenvalue weighted by molar-refractivity contribution is 6.37. The van der Waals surface area contributed by atoms with Gasteiger partial charge in [0.25, 0.3) is 5.91 Å². The highest BCUT2D eigenvalue weighted by Crippen LogP contribution is 2.52. The lowest BCUT2D eigenvalue weighted by atomic mass is 9.70. The molecule has 3 aliphatic rings. The first-order valence-corrected chi connectivity index (χ1v) is 16.8. The van der Waals surface area contributed by atoms with E-state index in [1.807, 2.05) is 20.8 Å². The number of nitrogens with zero attached hydrogens (tertiary/aromatic N) is 1. The summed E-state index contributed by atoms with van der Waals surface area (Å²) >= 11 is 0. The van der Waals surface area contributed by atoms with Gasteiger partial charge in [-0.15, -0.1) is 0 Å². The van der Waals surface area contributed by atoms with Crippen LogP contribution in [0, 0.1) is 28.6 Å². The largest absolute Gasteiger partial charge is 0.464 e. The van der Waals surface area contributed by atoms with Crippen molar-refractivity contribution in [1.82, 2.24) is 20.9 Å². The van der Waals surface area contributed by atoms with Gasteiger partial charge in [0.2, 0.25) is 17.6 Å². The lowest BCUT2D eigenvalue weighted by molar-refractivity contribution is -0.242. The summed E-state index contributed by atoms with van der Waals surface area (Å²) in [6, 6.07) is -3.69. The minimum Gasteiger partial charge on any atom is -0.464 e. The molecule has 274 valence electrons. The average Bonchev–Trinajstić information content (AvgIpc) is 3.72. The van der Waals surface area contributed by atoms with E-state index < -0.39 is 70.6 Å². The molecule has 2 saturated carbocycles. The third-order valence-electron chi connectivity index (χ3n) is 9.41. The number of hydrogen-bond acceptors (Lipinski definition) is 7. The summed E-state index contributed by atoms with van der Waals surface area (Å²) in [4.78, 5) is 77.0. The Bertz CT molecular complexity index is 1180. The molecule has 1 aliphatic heterocycles. The van der Waals surface area contributed by atoms with Crippen LogP contribution >= 0.6 is 0 Å². The van der Waals surface area contributed by atoms with Crippen LogP contribution in [0.25, 0.3) is 0 Å². The SMILES string of the molecule is CC1(C(F)(F)F)CCC1.CCC(C)CC(NC(=O)C1C[C@@H](C)CN1C(=O)C(NC(=O)NCC(=O)OCC1CC1)C(C)(C)C)C(=O)C(N)=O. The van der Waals surface area contributed by atoms with Gasteiger partial charge in [-0.05, 0) is 61.7 Å². The van der Waals surface area contributed by atoms with Crippen LogP contribution in [0.15, 0.2) is 0 Å². The van der Waals surface area contributed by atoms with E-state index in [-0.39, 0.29) is 31.3 Å². The number of nitrogens with one attached hydrogen (secondary N) is 3. The highest BCUT2D eigenvalue weighted by Gasteiger charge is 2.54. The summed E-state index contributed by atoms with van der Waals surface area (Å²) in [5, 5.41) is 7.74. The lowest BCUT2D eigenvalue weighted by Gasteiger charge is -2.39. The zero-order valence-electron chi connectivity index (χ0n) is 29.3. The second-order valence-corrected chi connectivity index (χ2v) is 15.1. The molecule has 48 heavy (non-hydrogen) atoms. The number of nitrogens with two attached hydrogens (primary N) is 1. The number of alkyl halides is 3. The summed E-state index contributed by atoms with van der Waals surface area (Å²) in [5.41, 5.74) is 3.14. The van der Waals surface area contributed by atoms with Crippen molar-refractivity contribution in [2.75, 3.05) is 19.7 Å². The van der Waals surface area contributed by atoms with E-state index in [0.717, 1.165) is 25.7 Å². The van der Waals surface area contributed by atoms with Crippen molar-refractivity contribution in [3.63, 3.8) is 0 Å². The summed E-state index contributed by atoms with van der Waals surface area (Å²) in [6.07, 6.45) is 0.802. The van der Waals surface area contributed by atoms with Crippen LogP contribution < -0.4 is 21.7 Å². The average molecular weight is 690 g/mol. The summed E-state index contributed by atoms with van der Waals surface area (Å²) < 4.78 is 40.8. The number of primary amides is 1. The Balaban J connectivity index is 0.000000764. The number of rotatable bonds is 13. The van der Waals surface area contributed by atoms with Gasteiger partial charge in [-0.3, -0.25) is 24.0 Å². The normalized spacial score (nSPS) is 22.1. The van der Waals surface area contributed by atoms with E-state index in [1.54, 1.807) is 20.8 Å². The summed E-state index contributed by atoms with van der Waals surface area (Å²) in [6.45, 7) is 12.6. The second kappa shape index (κ2) is 16.8. The maximum absolute atomic E-state index is 13.7. The van der Waals surface area contributed by atoms with E-state index >= 15 is 0 Å². The van der Waals surface area contributed by atoms with Gasteiger partial charge < -0.3 is 31.3 Å². The van der Waals surface area contributed by atoms with Crippen molar-refractivity contribution in [3.05, 3.63) is 0 Å². The van der Waals surface area contributed by atoms with E-state index in [9.17, 15) is 41.9 Å². The number of halogens is 3. The molecule has 0 bridgehead atoms. The highest BCUT2D eigenvalue weighted by atomic mass is 19.4. The van der Waals surface area contributed by atoms with Crippen molar-refractivity contribution in [2.45, 2.75) is 124 Å². The number of carbonyl (C=O) groups excluding carboxylic acids is 6. The standard InChI is InChI=1S/C27H45N5O7.C6H9F3/c1-7-15(2)10-18(21(34)23(28)35)30-24(36)19-11-16(3)13-32(19)25(37)22(27(4,5)6)31-26(38)29-12-20(33)39-14-17-8-9-17;1-5(3-2-4-5)6(7,8)9/h15-19,22H,7-14H2,1-6H3,(H2,28,35)(H,30,36)(H2,29,31,38);2-4H2,1H3/t15?,16-,18?,19?,22?;/m1./s1. The number of carbonyl (C=O) groups is 6. The molecule has 2 aliphatic carbocycles. The summed E-state index contributed by atoms with van der Waals surface area (Å²) in [5.74, 6) is -3.14. The molecule has 12 nitrogen and oxygen atoms in total. The quantitative estimate of drug-likeness (QED) is 0.169. The van der Waals surface area contributed by atoms with Gasteiger partial charge in [-0.2, -0.15) is 13.2 Å². The topological polar surface area (TPSA) is 177 Å². The Morgan fingerprint density at radius 3 is 2.08 bits per heavy atom. The molecule has 0 spiro atoms. The van der Waals surface area contributed by atoms with Gasteiger partial charge in [0.15, 0.2) is 0 Å². The zero-order valence-corrected chi connectivity index (χ0v) is 29.3. The molecule has 3 fully saturated rings. The van der Waals surface area contributed by atoms with Crippen LogP contribution in [0.3, 0.4) is 0 Å². The fourth-order valence-electron chi connectivity index (χ4n) is 5.46. The minimum absolute atomic E-state index is 0.0137. The molecule has 0 aromatic rings. The molecule has 4 unspecified atom stereocenters. The van der Waals surface area contributed by atoms with E-state index in [4.69, 9.17) is 10.5 Å². The maximum atomic E-state index is 13.7. The molecular formula is C33H54F3N5O7. The number of amides is 5. The molecule has 3 rings (SSSR count). The third-order valence-corrected chi connectivity index (χ3v) is 9.41. The first kappa shape index (κ1) is 40.8. The zero-order chi connectivity index (χ0) is 36.6. The fourth-order valence-corrected chi connectivity index (χ4v) is 5.46. The van der Waals surface area contributed by atoms with Gasteiger partial charge in [-0.1, -0.05) is 61.3 Å². The first-order chi connectivity index (χ1) is 22.1. The molecule has 15 heteroatoms. The number of Topliss-reactive ketones (excluding diaryl/α,β-unsaturated/α-hetero) is 1. The Kier molecular flexibility index (Phi) is 14.3. The molecule has 0 radical (unpaired) electrons. The smallest absolute Gasteiger partial charge is 0.394 e. The van der Waals surface area contributed by atoms with Crippen molar-refractivity contribution in [3.8, 4) is 0 Å².